The van der Waals surface area contributed by atoms with Crippen LogP contribution in [0.3, 0.4) is 0 Å². The van der Waals surface area contributed by atoms with Gasteiger partial charge in [-0.05, 0) is 24.3 Å². The average molecular weight is 395 g/mol. The summed E-state index contributed by atoms with van der Waals surface area (Å²) in [6.07, 6.45) is 0. The quantitative estimate of drug-likeness (QED) is 0.844. The highest BCUT2D eigenvalue weighted by molar-refractivity contribution is 7.16. The molecule has 2 aromatic rings. The third-order valence-corrected chi connectivity index (χ3v) is 5.25. The first-order valence-electron chi connectivity index (χ1n) is 7.33. The number of benzene rings is 1. The van der Waals surface area contributed by atoms with Crippen molar-refractivity contribution in [2.24, 2.45) is 0 Å². The van der Waals surface area contributed by atoms with Crippen molar-refractivity contribution >= 4 is 35.3 Å². The molecule has 3 nitrogen and oxygen atoms in total. The summed E-state index contributed by atoms with van der Waals surface area (Å²) >= 11 is 7.39. The van der Waals surface area contributed by atoms with Crippen LogP contribution < -0.4 is 10.1 Å². The van der Waals surface area contributed by atoms with Crippen LogP contribution in [-0.2, 0) is 0 Å². The topological polar surface area (TPSA) is 24.5 Å². The van der Waals surface area contributed by atoms with E-state index >= 15 is 0 Å². The van der Waals surface area contributed by atoms with Gasteiger partial charge in [0, 0.05) is 36.6 Å². The maximum Gasteiger partial charge on any atom is 0.173 e. The summed E-state index contributed by atoms with van der Waals surface area (Å²) in [5, 5.41) is 3.25. The third-order valence-electron chi connectivity index (χ3n) is 3.96. The highest BCUT2D eigenvalue weighted by atomic mass is 35.5. The molecule has 2 heterocycles. The van der Waals surface area contributed by atoms with Crippen molar-refractivity contribution in [1.82, 2.24) is 10.2 Å². The van der Waals surface area contributed by atoms with Crippen LogP contribution >= 0.6 is 35.3 Å². The van der Waals surface area contributed by atoms with Crippen LogP contribution in [0.5, 0.6) is 5.75 Å². The highest BCUT2D eigenvalue weighted by Crippen LogP contribution is 2.39. The van der Waals surface area contributed by atoms with Gasteiger partial charge in [-0.2, -0.15) is 0 Å². The Labute approximate surface area is 155 Å². The van der Waals surface area contributed by atoms with Gasteiger partial charge in [-0.15, -0.1) is 23.7 Å². The van der Waals surface area contributed by atoms with E-state index in [-0.39, 0.29) is 23.7 Å². The molecular formula is C16H18Cl2F2N2OS. The van der Waals surface area contributed by atoms with E-state index < -0.39 is 17.7 Å². The van der Waals surface area contributed by atoms with Crippen LogP contribution in [-0.4, -0.2) is 38.2 Å². The Bertz CT molecular complexity index is 693. The van der Waals surface area contributed by atoms with Crippen LogP contribution in [0.2, 0.25) is 4.34 Å². The monoisotopic (exact) mass is 394 g/mol. The Kier molecular flexibility index (Phi) is 6.83. The average Bonchev–Trinajstić information content (AvgIpc) is 2.98. The van der Waals surface area contributed by atoms with Crippen molar-refractivity contribution < 1.29 is 13.5 Å². The van der Waals surface area contributed by atoms with Crippen LogP contribution in [0.25, 0.3) is 0 Å². The number of methoxy groups -OCH3 is 1. The van der Waals surface area contributed by atoms with E-state index in [1.807, 2.05) is 6.07 Å². The number of ether oxygens (including phenoxy) is 1. The molecule has 1 N–H and O–H groups in total. The third kappa shape index (κ3) is 3.83. The normalized spacial score (nSPS) is 16.5. The van der Waals surface area contributed by atoms with Crippen molar-refractivity contribution in [3.8, 4) is 5.75 Å². The lowest BCUT2D eigenvalue weighted by Gasteiger charge is -2.35. The van der Waals surface area contributed by atoms with E-state index in [9.17, 15) is 8.78 Å². The Morgan fingerprint density at radius 2 is 1.92 bits per heavy atom. The molecule has 24 heavy (non-hydrogen) atoms. The number of halogens is 4. The summed E-state index contributed by atoms with van der Waals surface area (Å²) < 4.78 is 34.9. The molecule has 1 saturated heterocycles. The van der Waals surface area contributed by atoms with Crippen molar-refractivity contribution in [3.63, 3.8) is 0 Å². The minimum absolute atomic E-state index is 0. The molecule has 8 heteroatoms. The van der Waals surface area contributed by atoms with Gasteiger partial charge in [0.15, 0.2) is 11.6 Å². The Morgan fingerprint density at radius 1 is 1.21 bits per heavy atom. The van der Waals surface area contributed by atoms with Gasteiger partial charge < -0.3 is 10.1 Å². The molecule has 0 aliphatic carbocycles. The molecule has 0 saturated carbocycles. The zero-order valence-corrected chi connectivity index (χ0v) is 15.4. The standard InChI is InChI=1S/C16H17ClF2N2OS.ClH/c1-22-11-3-2-10(18)14(15(11)19)16(12-4-5-13(17)23-12)21-8-6-20-7-9-21;/h2-5,16,20H,6-9H2,1H3;1H/t16-;/m1./s1. The number of nitrogens with one attached hydrogen (secondary N) is 1. The van der Waals surface area contributed by atoms with Crippen molar-refractivity contribution in [1.29, 1.82) is 0 Å². The second-order valence-corrected chi connectivity index (χ2v) is 7.05. The highest BCUT2D eigenvalue weighted by Gasteiger charge is 2.31. The summed E-state index contributed by atoms with van der Waals surface area (Å²) in [7, 11) is 1.38. The van der Waals surface area contributed by atoms with Crippen molar-refractivity contribution in [3.05, 3.63) is 50.7 Å². The van der Waals surface area contributed by atoms with E-state index in [0.717, 1.165) is 18.0 Å². The van der Waals surface area contributed by atoms with Gasteiger partial charge in [0.25, 0.3) is 0 Å². The summed E-state index contributed by atoms with van der Waals surface area (Å²) in [5.41, 5.74) is 0.0183. The van der Waals surface area contributed by atoms with Gasteiger partial charge in [-0.3, -0.25) is 4.90 Å². The largest absolute Gasteiger partial charge is 0.494 e. The van der Waals surface area contributed by atoms with Gasteiger partial charge in [0.1, 0.15) is 5.82 Å². The van der Waals surface area contributed by atoms with Crippen LogP contribution in [0.1, 0.15) is 16.5 Å². The fourth-order valence-corrected chi connectivity index (χ4v) is 4.08. The first-order chi connectivity index (χ1) is 11.1. The van der Waals surface area contributed by atoms with E-state index in [1.54, 1.807) is 6.07 Å². The van der Waals surface area contributed by atoms with E-state index in [4.69, 9.17) is 16.3 Å². The van der Waals surface area contributed by atoms with Gasteiger partial charge >= 0.3 is 0 Å². The molecule has 0 bridgehead atoms. The molecule has 3 rings (SSSR count). The molecule has 1 aromatic heterocycles. The summed E-state index contributed by atoms with van der Waals surface area (Å²) in [4.78, 5) is 2.89. The molecule has 1 atom stereocenters. The predicted molar refractivity (Wildman–Crippen MR) is 95.8 cm³/mol. The van der Waals surface area contributed by atoms with E-state index in [1.165, 1.54) is 30.6 Å². The number of nitrogens with zero attached hydrogens (tertiary/aromatic N) is 1. The molecule has 132 valence electrons. The van der Waals surface area contributed by atoms with Crippen molar-refractivity contribution in [2.45, 2.75) is 6.04 Å². The van der Waals surface area contributed by atoms with Gasteiger partial charge in [-0.1, -0.05) is 11.6 Å². The SMILES string of the molecule is COc1ccc(F)c([C@@H](c2ccc(Cl)s2)N2CCNCC2)c1F.Cl. The molecule has 1 fully saturated rings. The number of hydrogen-bond donors (Lipinski definition) is 1. The number of thiophene rings is 1. The first kappa shape index (κ1) is 19.4. The minimum Gasteiger partial charge on any atom is -0.494 e. The number of piperazine rings is 1. The fraction of sp³-hybridized carbons (Fsp3) is 0.375. The Hall–Kier alpha value is -0.920. The Morgan fingerprint density at radius 3 is 2.50 bits per heavy atom. The van der Waals surface area contributed by atoms with E-state index in [2.05, 4.69) is 10.2 Å². The maximum atomic E-state index is 14.8. The number of hydrogen-bond acceptors (Lipinski definition) is 4. The molecular weight excluding hydrogens is 377 g/mol. The maximum absolute atomic E-state index is 14.8. The number of rotatable bonds is 4. The predicted octanol–water partition coefficient (Wildman–Crippen LogP) is 4.10. The first-order valence-corrected chi connectivity index (χ1v) is 8.53. The molecule has 0 radical (unpaired) electrons. The molecule has 1 aliphatic heterocycles. The summed E-state index contributed by atoms with van der Waals surface area (Å²) in [6, 6.07) is 5.64. The van der Waals surface area contributed by atoms with Crippen molar-refractivity contribution in [2.75, 3.05) is 33.3 Å². The zero-order valence-electron chi connectivity index (χ0n) is 13.0. The second-order valence-electron chi connectivity index (χ2n) is 5.31. The Balaban J connectivity index is 0.00000208. The summed E-state index contributed by atoms with van der Waals surface area (Å²) in [5.74, 6) is -1.18. The molecule has 0 amide bonds. The lowest BCUT2D eigenvalue weighted by molar-refractivity contribution is 0.193. The van der Waals surface area contributed by atoms with Crippen LogP contribution in [0.4, 0.5) is 8.78 Å². The fourth-order valence-electron chi connectivity index (χ4n) is 2.88. The lowest BCUT2D eigenvalue weighted by Crippen LogP contribution is -2.45. The van der Waals surface area contributed by atoms with Gasteiger partial charge in [0.05, 0.1) is 17.5 Å². The van der Waals surface area contributed by atoms with Crippen LogP contribution in [0.15, 0.2) is 24.3 Å². The zero-order chi connectivity index (χ0) is 16.4. The van der Waals surface area contributed by atoms with Gasteiger partial charge in [0.2, 0.25) is 0 Å². The minimum atomic E-state index is -0.652. The molecule has 1 aromatic carbocycles. The second kappa shape index (κ2) is 8.45. The molecule has 0 unspecified atom stereocenters. The van der Waals surface area contributed by atoms with Crippen LogP contribution in [0, 0.1) is 11.6 Å². The lowest BCUT2D eigenvalue weighted by atomic mass is 10.0. The smallest absolute Gasteiger partial charge is 0.173 e. The van der Waals surface area contributed by atoms with Gasteiger partial charge in [-0.25, -0.2) is 8.78 Å². The summed E-state index contributed by atoms with van der Waals surface area (Å²) in [6.45, 7) is 2.97. The molecule has 1 aliphatic rings. The molecule has 0 spiro atoms. The van der Waals surface area contributed by atoms with E-state index in [0.29, 0.717) is 17.4 Å².